The van der Waals surface area contributed by atoms with E-state index >= 15 is 0 Å². The van der Waals surface area contributed by atoms with Crippen molar-refractivity contribution in [3.8, 4) is 0 Å². The van der Waals surface area contributed by atoms with E-state index in [1.54, 1.807) is 12.1 Å². The van der Waals surface area contributed by atoms with E-state index in [-0.39, 0.29) is 5.82 Å². The third-order valence-corrected chi connectivity index (χ3v) is 2.61. The van der Waals surface area contributed by atoms with E-state index in [2.05, 4.69) is 15.9 Å². The highest BCUT2D eigenvalue weighted by Crippen LogP contribution is 2.20. The minimum atomic E-state index is -0.164. The first-order chi connectivity index (χ1) is 6.15. The summed E-state index contributed by atoms with van der Waals surface area (Å²) in [7, 11) is 0. The first-order valence-electron chi connectivity index (χ1n) is 4.28. The van der Waals surface area contributed by atoms with Crippen molar-refractivity contribution in [2.45, 2.75) is 13.3 Å². The molecule has 0 fully saturated rings. The predicted octanol–water partition coefficient (Wildman–Crippen LogP) is 2.73. The van der Waals surface area contributed by atoms with Crippen LogP contribution in [0.15, 0.2) is 22.7 Å². The molecule has 0 aliphatic heterocycles. The molecule has 1 aromatic carbocycles. The first-order valence-corrected chi connectivity index (χ1v) is 5.07. The van der Waals surface area contributed by atoms with E-state index in [4.69, 9.17) is 5.73 Å². The standard InChI is InChI=1S/C10H13BrFN/c1-7(6-13)5-8-3-2-4-9(11)10(8)12/h2-4,7H,5-6,13H2,1H3. The van der Waals surface area contributed by atoms with Crippen LogP contribution in [0, 0.1) is 11.7 Å². The van der Waals surface area contributed by atoms with E-state index in [0.29, 0.717) is 23.4 Å². The van der Waals surface area contributed by atoms with Crippen molar-refractivity contribution in [2.75, 3.05) is 6.54 Å². The molecule has 0 aromatic heterocycles. The molecule has 13 heavy (non-hydrogen) atoms. The minimum Gasteiger partial charge on any atom is -0.330 e. The summed E-state index contributed by atoms with van der Waals surface area (Å²) in [5, 5.41) is 0. The van der Waals surface area contributed by atoms with Gasteiger partial charge in [-0.1, -0.05) is 19.1 Å². The molecule has 0 aliphatic rings. The van der Waals surface area contributed by atoms with Crippen LogP contribution in [0.25, 0.3) is 0 Å². The molecule has 0 heterocycles. The maximum Gasteiger partial charge on any atom is 0.140 e. The van der Waals surface area contributed by atoms with Crippen molar-refractivity contribution in [1.29, 1.82) is 0 Å². The molecule has 0 saturated heterocycles. The highest BCUT2D eigenvalue weighted by molar-refractivity contribution is 9.10. The van der Waals surface area contributed by atoms with Gasteiger partial charge in [0.25, 0.3) is 0 Å². The molecule has 1 unspecified atom stereocenters. The van der Waals surface area contributed by atoms with Crippen LogP contribution in [0.3, 0.4) is 0 Å². The van der Waals surface area contributed by atoms with Gasteiger partial charge in [0.2, 0.25) is 0 Å². The van der Waals surface area contributed by atoms with E-state index < -0.39 is 0 Å². The molecule has 0 spiro atoms. The second kappa shape index (κ2) is 4.72. The Balaban J connectivity index is 2.83. The molecule has 1 rings (SSSR count). The van der Waals surface area contributed by atoms with E-state index in [1.807, 2.05) is 13.0 Å². The number of rotatable bonds is 3. The molecule has 1 atom stereocenters. The van der Waals surface area contributed by atoms with Crippen LogP contribution in [0.4, 0.5) is 4.39 Å². The summed E-state index contributed by atoms with van der Waals surface area (Å²) in [6, 6.07) is 5.34. The van der Waals surface area contributed by atoms with E-state index in [0.717, 1.165) is 5.56 Å². The molecule has 0 saturated carbocycles. The van der Waals surface area contributed by atoms with Gasteiger partial charge in [0.15, 0.2) is 0 Å². The van der Waals surface area contributed by atoms with Crippen molar-refractivity contribution >= 4 is 15.9 Å². The molecule has 1 nitrogen and oxygen atoms in total. The average Bonchev–Trinajstić information content (AvgIpc) is 2.13. The smallest absolute Gasteiger partial charge is 0.140 e. The van der Waals surface area contributed by atoms with Gasteiger partial charge in [-0.3, -0.25) is 0 Å². The van der Waals surface area contributed by atoms with Gasteiger partial charge in [-0.05, 0) is 46.4 Å². The van der Waals surface area contributed by atoms with Crippen molar-refractivity contribution < 1.29 is 4.39 Å². The summed E-state index contributed by atoms with van der Waals surface area (Å²) in [4.78, 5) is 0. The number of benzene rings is 1. The molecule has 0 bridgehead atoms. The molecule has 3 heteroatoms. The van der Waals surface area contributed by atoms with Crippen LogP contribution in [0.5, 0.6) is 0 Å². The van der Waals surface area contributed by atoms with Gasteiger partial charge >= 0.3 is 0 Å². The monoisotopic (exact) mass is 245 g/mol. The number of halogens is 2. The first kappa shape index (κ1) is 10.7. The highest BCUT2D eigenvalue weighted by atomic mass is 79.9. The Kier molecular flexibility index (Phi) is 3.88. The zero-order chi connectivity index (χ0) is 9.84. The average molecular weight is 246 g/mol. The Labute approximate surface area is 86.3 Å². The fourth-order valence-corrected chi connectivity index (χ4v) is 1.57. The fourth-order valence-electron chi connectivity index (χ4n) is 1.16. The number of hydrogen-bond donors (Lipinski definition) is 1. The molecular formula is C10H13BrFN. The Morgan fingerprint density at radius 1 is 1.54 bits per heavy atom. The molecule has 0 amide bonds. The van der Waals surface area contributed by atoms with Gasteiger partial charge in [0.1, 0.15) is 5.82 Å². The van der Waals surface area contributed by atoms with Gasteiger partial charge in [-0.25, -0.2) is 4.39 Å². The van der Waals surface area contributed by atoms with Gasteiger partial charge in [0.05, 0.1) is 4.47 Å². The van der Waals surface area contributed by atoms with Crippen LogP contribution >= 0.6 is 15.9 Å². The molecule has 1 aromatic rings. The molecule has 72 valence electrons. The van der Waals surface area contributed by atoms with Crippen LogP contribution in [-0.2, 0) is 6.42 Å². The van der Waals surface area contributed by atoms with Gasteiger partial charge in [0, 0.05) is 0 Å². The van der Waals surface area contributed by atoms with Gasteiger partial charge in [-0.2, -0.15) is 0 Å². The third-order valence-electron chi connectivity index (χ3n) is 2.00. The maximum atomic E-state index is 13.4. The highest BCUT2D eigenvalue weighted by Gasteiger charge is 2.08. The Morgan fingerprint density at radius 2 is 2.23 bits per heavy atom. The molecule has 0 radical (unpaired) electrons. The van der Waals surface area contributed by atoms with Crippen molar-refractivity contribution in [2.24, 2.45) is 11.7 Å². The zero-order valence-electron chi connectivity index (χ0n) is 7.56. The van der Waals surface area contributed by atoms with E-state index in [9.17, 15) is 4.39 Å². The Morgan fingerprint density at radius 3 is 2.85 bits per heavy atom. The van der Waals surface area contributed by atoms with Crippen LogP contribution in [0.1, 0.15) is 12.5 Å². The topological polar surface area (TPSA) is 26.0 Å². The lowest BCUT2D eigenvalue weighted by atomic mass is 10.0. The van der Waals surface area contributed by atoms with Gasteiger partial charge < -0.3 is 5.73 Å². The lowest BCUT2D eigenvalue weighted by molar-refractivity contribution is 0.549. The fraction of sp³-hybridized carbons (Fsp3) is 0.400. The lowest BCUT2D eigenvalue weighted by Crippen LogP contribution is -2.13. The quantitative estimate of drug-likeness (QED) is 0.871. The minimum absolute atomic E-state index is 0.164. The van der Waals surface area contributed by atoms with Crippen LogP contribution in [-0.4, -0.2) is 6.54 Å². The lowest BCUT2D eigenvalue weighted by Gasteiger charge is -2.09. The Bertz CT molecular complexity index is 288. The molecular weight excluding hydrogens is 233 g/mol. The Hall–Kier alpha value is -0.410. The summed E-state index contributed by atoms with van der Waals surface area (Å²) in [6.07, 6.45) is 0.696. The maximum absolute atomic E-state index is 13.4. The zero-order valence-corrected chi connectivity index (χ0v) is 9.14. The van der Waals surface area contributed by atoms with Crippen LogP contribution in [0.2, 0.25) is 0 Å². The second-order valence-electron chi connectivity index (χ2n) is 3.26. The molecule has 2 N–H and O–H groups in total. The van der Waals surface area contributed by atoms with E-state index in [1.165, 1.54) is 0 Å². The summed E-state index contributed by atoms with van der Waals surface area (Å²) in [5.74, 6) is 0.159. The van der Waals surface area contributed by atoms with Crippen molar-refractivity contribution in [3.05, 3.63) is 34.1 Å². The number of nitrogens with two attached hydrogens (primary N) is 1. The third kappa shape index (κ3) is 2.78. The largest absolute Gasteiger partial charge is 0.330 e. The SMILES string of the molecule is CC(CN)Cc1cccc(Br)c1F. The van der Waals surface area contributed by atoms with Gasteiger partial charge in [-0.15, -0.1) is 0 Å². The number of hydrogen-bond acceptors (Lipinski definition) is 1. The summed E-state index contributed by atoms with van der Waals surface area (Å²) >= 11 is 3.15. The normalized spacial score (nSPS) is 12.9. The van der Waals surface area contributed by atoms with Crippen molar-refractivity contribution in [3.63, 3.8) is 0 Å². The van der Waals surface area contributed by atoms with Crippen molar-refractivity contribution in [1.82, 2.24) is 0 Å². The predicted molar refractivity (Wildman–Crippen MR) is 56.0 cm³/mol. The molecule has 0 aliphatic carbocycles. The summed E-state index contributed by atoms with van der Waals surface area (Å²) in [6.45, 7) is 2.60. The summed E-state index contributed by atoms with van der Waals surface area (Å²) < 4.78 is 13.9. The second-order valence-corrected chi connectivity index (χ2v) is 4.11. The van der Waals surface area contributed by atoms with Crippen LogP contribution < -0.4 is 5.73 Å². The summed E-state index contributed by atoms with van der Waals surface area (Å²) in [5.41, 5.74) is 6.20.